The Bertz CT molecular complexity index is 3770. The van der Waals surface area contributed by atoms with E-state index in [4.69, 9.17) is 9.40 Å². The summed E-state index contributed by atoms with van der Waals surface area (Å²) in [5.41, 5.74) is 4.61. The van der Waals surface area contributed by atoms with Gasteiger partial charge in [-0.2, -0.15) is 5.26 Å². The largest absolute Gasteiger partial charge is 3.00 e. The van der Waals surface area contributed by atoms with E-state index >= 15 is 0 Å². The summed E-state index contributed by atoms with van der Waals surface area (Å²) >= 11 is 0. The van der Waals surface area contributed by atoms with Crippen LogP contribution >= 0.6 is 0 Å². The van der Waals surface area contributed by atoms with Crippen LogP contribution in [0.2, 0.25) is 0 Å². The van der Waals surface area contributed by atoms with E-state index in [9.17, 15) is 21.7 Å². The van der Waals surface area contributed by atoms with Crippen LogP contribution in [0.3, 0.4) is 0 Å². The van der Waals surface area contributed by atoms with Crippen molar-refractivity contribution in [2.75, 3.05) is 0 Å². The van der Waals surface area contributed by atoms with Crippen molar-refractivity contribution in [2.45, 2.75) is 116 Å². The molecule has 6 heteroatoms. The summed E-state index contributed by atoms with van der Waals surface area (Å²) in [6.45, 7) is 9.17. The molecule has 5 aromatic carbocycles. The first-order valence-corrected chi connectivity index (χ1v) is 23.6. The number of hydrogen-bond acceptors (Lipinski definition) is 5. The van der Waals surface area contributed by atoms with E-state index in [0.717, 1.165) is 41.8 Å². The Morgan fingerprint density at radius 3 is 1.67 bits per heavy atom. The van der Waals surface area contributed by atoms with Crippen molar-refractivity contribution < 1.29 is 41.0 Å². The fourth-order valence-corrected chi connectivity index (χ4v) is 9.31. The predicted molar refractivity (Wildman–Crippen MR) is 280 cm³/mol. The Labute approximate surface area is 444 Å². The van der Waals surface area contributed by atoms with Crippen LogP contribution in [-0.4, -0.2) is 15.0 Å². The number of nitriles is 1. The number of benzene rings is 5. The third-order valence-electron chi connectivity index (χ3n) is 13.0. The maximum absolute atomic E-state index is 10.0. The number of fused-ring (bicyclic) bond motifs is 3. The third kappa shape index (κ3) is 10.3. The normalized spacial score (nSPS) is 16.6. The Hall–Kier alpha value is -6.51. The molecule has 10 rings (SSSR count). The van der Waals surface area contributed by atoms with Gasteiger partial charge in [-0.25, -0.2) is 0 Å². The smallest absolute Gasteiger partial charge is 0.500 e. The molecule has 350 valence electrons. The minimum Gasteiger partial charge on any atom is -0.500 e. The number of pyridine rings is 3. The van der Waals surface area contributed by atoms with Crippen LogP contribution in [0.25, 0.3) is 55.7 Å². The van der Waals surface area contributed by atoms with Gasteiger partial charge in [0.05, 0.1) is 17.2 Å². The van der Waals surface area contributed by atoms with E-state index < -0.39 is 54.9 Å². The van der Waals surface area contributed by atoms with Crippen molar-refractivity contribution in [3.8, 4) is 39.8 Å². The van der Waals surface area contributed by atoms with Crippen molar-refractivity contribution in [1.82, 2.24) is 15.0 Å². The second-order valence-corrected chi connectivity index (χ2v) is 18.3. The second kappa shape index (κ2) is 21.6. The topological polar surface area (TPSA) is 75.6 Å². The molecule has 0 unspecified atom stereocenters. The molecule has 0 N–H and O–H groups in total. The molecule has 0 radical (unpaired) electrons. The van der Waals surface area contributed by atoms with E-state index in [1.165, 1.54) is 18.6 Å². The van der Waals surface area contributed by atoms with Gasteiger partial charge >= 0.3 is 20.1 Å². The van der Waals surface area contributed by atoms with Crippen molar-refractivity contribution >= 4 is 21.9 Å². The van der Waals surface area contributed by atoms with E-state index in [-0.39, 0.29) is 54.5 Å². The fourth-order valence-electron chi connectivity index (χ4n) is 9.31. The van der Waals surface area contributed by atoms with Gasteiger partial charge in [0, 0.05) is 46.0 Å². The molecule has 1 aliphatic rings. The molecule has 0 aliphatic heterocycles. The molecule has 70 heavy (non-hydrogen) atoms. The van der Waals surface area contributed by atoms with Crippen molar-refractivity contribution in [3.63, 3.8) is 0 Å². The molecule has 4 heterocycles. The average molecular weight is 1100 g/mol. The molecule has 9 aromatic rings. The van der Waals surface area contributed by atoms with Gasteiger partial charge in [0.2, 0.25) is 0 Å². The van der Waals surface area contributed by atoms with Gasteiger partial charge in [0.15, 0.2) is 0 Å². The molecule has 0 bridgehead atoms. The molecular formula is C64H59IrN4O. The number of rotatable bonds is 15. The van der Waals surface area contributed by atoms with Gasteiger partial charge in [-0.1, -0.05) is 94.0 Å². The zero-order valence-corrected chi connectivity index (χ0v) is 42.1. The zero-order chi connectivity index (χ0) is 58.2. The van der Waals surface area contributed by atoms with E-state index in [0.29, 0.717) is 85.6 Å². The van der Waals surface area contributed by atoms with E-state index in [1.807, 2.05) is 58.9 Å². The molecule has 1 aliphatic carbocycles. The van der Waals surface area contributed by atoms with Gasteiger partial charge in [0.1, 0.15) is 5.58 Å². The van der Waals surface area contributed by atoms with Gasteiger partial charge in [0.25, 0.3) is 0 Å². The van der Waals surface area contributed by atoms with Crippen LogP contribution in [0, 0.1) is 36.5 Å². The molecule has 0 amide bonds. The number of furan rings is 1. The predicted octanol–water partition coefficient (Wildman–Crippen LogP) is 15.6. The van der Waals surface area contributed by atoms with Crippen molar-refractivity contribution in [1.29, 1.82) is 5.26 Å². The number of nitrogens with zero attached hydrogens (tertiary/aromatic N) is 4. The first kappa shape index (κ1) is 35.6. The molecule has 0 spiro atoms. The molecular weight excluding hydrogens is 1030 g/mol. The Balaban J connectivity index is 0.00000810. The van der Waals surface area contributed by atoms with Gasteiger partial charge in [-0.15, -0.1) is 90.0 Å². The first-order valence-electron chi connectivity index (χ1n) is 29.6. The van der Waals surface area contributed by atoms with Crippen LogP contribution in [0.1, 0.15) is 149 Å². The summed E-state index contributed by atoms with van der Waals surface area (Å²) < 4.78 is 125. The minimum atomic E-state index is -3.16. The molecule has 5 nitrogen and oxygen atoms in total. The van der Waals surface area contributed by atoms with Gasteiger partial charge in [-0.3, -0.25) is 0 Å². The monoisotopic (exact) mass is 1100 g/mol. The Kier molecular flexibility index (Phi) is 11.0. The van der Waals surface area contributed by atoms with Crippen LogP contribution in [0.4, 0.5) is 0 Å². The van der Waals surface area contributed by atoms with Crippen LogP contribution < -0.4 is 0 Å². The first-order chi connectivity index (χ1) is 38.2. The maximum Gasteiger partial charge on any atom is 3.00 e. The molecule has 4 aromatic heterocycles. The Morgan fingerprint density at radius 2 is 1.14 bits per heavy atom. The van der Waals surface area contributed by atoms with Crippen molar-refractivity contribution in [2.24, 2.45) is 0 Å². The minimum absolute atomic E-state index is 0. The standard InChI is InChI=1S/C64H59N4O.Ir/c1-41(2)57-34-60(48-17-8-6-9-18-48)66-38-51(57)26-23-44-31-45(24-27-52-39-67-61(35-58(52)42(3)4)49-19-10-7-11-20-49)33-46(32-44)25-28-53-40-68-62(36-59(53)47-15-12-13-16-47)56-22-14-21-54-55-30-29-50(37-65)43(5)63(55)69-64(54)56;/h6-11,14,17,19,21,29-36,38-42,47H,12-13,15-16,23-28H2,1-5H3;/q-3;+3/i23D2,24D2,25D2,26D2,27D2,28D2;. The number of hydrogen-bond donors (Lipinski definition) is 0. The average Bonchev–Trinajstić information content (AvgIpc) is 2.60. The summed E-state index contributed by atoms with van der Waals surface area (Å²) in [6.07, 6.45) is -11.5. The van der Waals surface area contributed by atoms with Crippen LogP contribution in [-0.2, 0) is 58.3 Å². The van der Waals surface area contributed by atoms with E-state index in [2.05, 4.69) is 34.2 Å². The Morgan fingerprint density at radius 1 is 0.614 bits per heavy atom. The molecule has 0 saturated heterocycles. The summed E-state index contributed by atoms with van der Waals surface area (Å²) in [7, 11) is 0. The molecule has 1 fully saturated rings. The molecule has 0 atom stereocenters. The summed E-state index contributed by atoms with van der Waals surface area (Å²) in [6, 6.07) is 41.5. The van der Waals surface area contributed by atoms with Gasteiger partial charge in [-0.05, 0) is 149 Å². The number of aryl methyl sites for hydroxylation is 7. The summed E-state index contributed by atoms with van der Waals surface area (Å²) in [5, 5.41) is 11.3. The van der Waals surface area contributed by atoms with Crippen LogP contribution in [0.5, 0.6) is 0 Å². The zero-order valence-electron chi connectivity index (χ0n) is 51.7. The molecule has 1 saturated carbocycles. The van der Waals surface area contributed by atoms with Crippen molar-refractivity contribution in [3.05, 3.63) is 207 Å². The van der Waals surface area contributed by atoms with Gasteiger partial charge < -0.3 is 19.4 Å². The quantitative estimate of drug-likeness (QED) is 0.0956. The summed E-state index contributed by atoms with van der Waals surface area (Å²) in [5.74, 6) is -0.926. The number of aromatic nitrogens is 3. The van der Waals surface area contributed by atoms with E-state index in [1.54, 1.807) is 66.7 Å². The third-order valence-corrected chi connectivity index (χ3v) is 13.0. The summed E-state index contributed by atoms with van der Waals surface area (Å²) in [4.78, 5) is 13.9. The SMILES string of the molecule is [2H]C([2H])(c1cc(C([2H])([2H])C([2H])([2H])c2cnc(-c3[c-]cccc3)cc2C(C)C)cc(C([2H])([2H])C([2H])([2H])c2cnc(-c3[c-]ccc4c3oc3c(C)c(C#N)ccc34)cc2C2CCCC2)c1)C([2H])([2H])c1cnc(-c2[c-]cccc2)cc1C(C)C.[Ir+3]. The van der Waals surface area contributed by atoms with Crippen LogP contribution in [0.15, 0.2) is 132 Å². The fraction of sp³-hybridized carbons (Fsp3) is 0.281. The second-order valence-electron chi connectivity index (χ2n) is 18.3. The maximum atomic E-state index is 10.0.